The van der Waals surface area contributed by atoms with Crippen LogP contribution in [0.15, 0.2) is 42.5 Å². The highest BCUT2D eigenvalue weighted by molar-refractivity contribution is 6.01. The Bertz CT molecular complexity index is 743. The molecule has 0 bridgehead atoms. The summed E-state index contributed by atoms with van der Waals surface area (Å²) in [5.41, 5.74) is 2.10. The molecule has 0 aliphatic carbocycles. The van der Waals surface area contributed by atoms with Crippen LogP contribution < -0.4 is 14.4 Å². The zero-order valence-electron chi connectivity index (χ0n) is 14.0. The fraction of sp³-hybridized carbons (Fsp3) is 0.316. The van der Waals surface area contributed by atoms with Crippen molar-refractivity contribution in [2.24, 2.45) is 0 Å². The first-order valence-corrected chi connectivity index (χ1v) is 7.93. The van der Waals surface area contributed by atoms with Crippen LogP contribution in [0, 0.1) is 0 Å². The lowest BCUT2D eigenvalue weighted by Gasteiger charge is -2.37. The van der Waals surface area contributed by atoms with Gasteiger partial charge in [0.2, 0.25) is 6.10 Å². The van der Waals surface area contributed by atoms with E-state index in [0.29, 0.717) is 22.7 Å². The summed E-state index contributed by atoms with van der Waals surface area (Å²) in [7, 11) is 1.55. The molecule has 5 heteroatoms. The molecule has 1 atom stereocenters. The van der Waals surface area contributed by atoms with Crippen molar-refractivity contribution in [3.8, 4) is 11.5 Å². The van der Waals surface area contributed by atoms with Crippen LogP contribution in [-0.2, 0) is 11.4 Å². The Hall–Kier alpha value is -2.53. The molecule has 0 aromatic heterocycles. The molecular weight excluding hydrogens is 306 g/mol. The first-order chi connectivity index (χ1) is 11.6. The third-order valence-electron chi connectivity index (χ3n) is 4.07. The van der Waals surface area contributed by atoms with Gasteiger partial charge in [0.15, 0.2) is 11.5 Å². The van der Waals surface area contributed by atoms with Gasteiger partial charge in [-0.3, -0.25) is 4.79 Å². The molecule has 1 aliphatic heterocycles. The number of aliphatic hydroxyl groups excluding tert-OH is 1. The molecule has 1 aliphatic rings. The average molecular weight is 327 g/mol. The number of anilines is 1. The minimum Gasteiger partial charge on any atom is -0.493 e. The molecule has 0 saturated heterocycles. The number of nitrogens with zero attached hydrogens (tertiary/aromatic N) is 1. The molecule has 2 aromatic carbocycles. The Labute approximate surface area is 141 Å². The van der Waals surface area contributed by atoms with Crippen LogP contribution in [-0.4, -0.2) is 24.2 Å². The van der Waals surface area contributed by atoms with E-state index in [1.807, 2.05) is 44.2 Å². The summed E-state index contributed by atoms with van der Waals surface area (Å²) >= 11 is 0. The molecule has 1 amide bonds. The Morgan fingerprint density at radius 1 is 1.25 bits per heavy atom. The molecule has 1 N–H and O–H groups in total. The fourth-order valence-electron chi connectivity index (χ4n) is 2.97. The van der Waals surface area contributed by atoms with Crippen molar-refractivity contribution in [2.45, 2.75) is 32.6 Å². The normalized spacial score (nSPS) is 16.8. The van der Waals surface area contributed by atoms with E-state index in [9.17, 15) is 9.90 Å². The zero-order valence-corrected chi connectivity index (χ0v) is 14.0. The van der Waals surface area contributed by atoms with Crippen molar-refractivity contribution >= 4 is 11.6 Å². The molecule has 0 radical (unpaired) electrons. The Morgan fingerprint density at radius 2 is 1.96 bits per heavy atom. The van der Waals surface area contributed by atoms with Crippen molar-refractivity contribution < 1.29 is 19.4 Å². The van der Waals surface area contributed by atoms with E-state index >= 15 is 0 Å². The van der Waals surface area contributed by atoms with Gasteiger partial charge in [0.1, 0.15) is 0 Å². The highest BCUT2D eigenvalue weighted by Gasteiger charge is 2.38. The summed E-state index contributed by atoms with van der Waals surface area (Å²) < 4.78 is 11.5. The van der Waals surface area contributed by atoms with Crippen LogP contribution in [0.25, 0.3) is 0 Å². The summed E-state index contributed by atoms with van der Waals surface area (Å²) in [5, 5.41) is 9.48. The van der Waals surface area contributed by atoms with Crippen LogP contribution in [0.5, 0.6) is 11.5 Å². The van der Waals surface area contributed by atoms with Crippen molar-refractivity contribution in [1.29, 1.82) is 0 Å². The third kappa shape index (κ3) is 2.71. The SMILES string of the molecule is COc1cc(CO)cc2c1OC(c1ccccc1)C(=O)N2C(C)C. The maximum Gasteiger partial charge on any atom is 0.273 e. The van der Waals surface area contributed by atoms with Crippen molar-refractivity contribution in [1.82, 2.24) is 0 Å². The number of aliphatic hydroxyl groups is 1. The minimum atomic E-state index is -0.713. The van der Waals surface area contributed by atoms with E-state index < -0.39 is 6.10 Å². The first kappa shape index (κ1) is 16.3. The second kappa shape index (κ2) is 6.53. The number of hydrogen-bond donors (Lipinski definition) is 1. The standard InChI is InChI=1S/C19H21NO4/c1-12(2)20-15-9-13(11-21)10-16(23-3)18(15)24-17(19(20)22)14-7-5-4-6-8-14/h4-10,12,17,21H,11H2,1-3H3. The first-order valence-electron chi connectivity index (χ1n) is 7.93. The molecular formula is C19H21NO4. The summed E-state index contributed by atoms with van der Waals surface area (Å²) in [5.74, 6) is 0.910. The summed E-state index contributed by atoms with van der Waals surface area (Å²) in [6, 6.07) is 12.9. The van der Waals surface area contributed by atoms with Crippen LogP contribution >= 0.6 is 0 Å². The van der Waals surface area contributed by atoms with Gasteiger partial charge >= 0.3 is 0 Å². The third-order valence-corrected chi connectivity index (χ3v) is 4.07. The molecule has 5 nitrogen and oxygen atoms in total. The highest BCUT2D eigenvalue weighted by atomic mass is 16.5. The second-order valence-corrected chi connectivity index (χ2v) is 6.02. The topological polar surface area (TPSA) is 59.0 Å². The molecule has 1 unspecified atom stereocenters. The summed E-state index contributed by atoms with van der Waals surface area (Å²) in [6.07, 6.45) is -0.713. The maximum absolute atomic E-state index is 13.0. The second-order valence-electron chi connectivity index (χ2n) is 6.02. The number of carbonyl (C=O) groups excluding carboxylic acids is 1. The lowest BCUT2D eigenvalue weighted by Crippen LogP contribution is -2.45. The molecule has 1 heterocycles. The van der Waals surface area contributed by atoms with Crippen molar-refractivity contribution in [3.63, 3.8) is 0 Å². The molecule has 24 heavy (non-hydrogen) atoms. The molecule has 126 valence electrons. The van der Waals surface area contributed by atoms with Crippen LogP contribution in [0.1, 0.15) is 31.1 Å². The lowest BCUT2D eigenvalue weighted by molar-refractivity contribution is -0.127. The van der Waals surface area contributed by atoms with Gasteiger partial charge in [0.05, 0.1) is 19.4 Å². The molecule has 0 fully saturated rings. The Morgan fingerprint density at radius 3 is 2.54 bits per heavy atom. The number of hydrogen-bond acceptors (Lipinski definition) is 4. The van der Waals surface area contributed by atoms with Gasteiger partial charge in [-0.1, -0.05) is 30.3 Å². The fourth-order valence-corrected chi connectivity index (χ4v) is 2.97. The molecule has 0 spiro atoms. The van der Waals surface area contributed by atoms with Crippen molar-refractivity contribution in [2.75, 3.05) is 12.0 Å². The summed E-state index contributed by atoms with van der Waals surface area (Å²) in [4.78, 5) is 14.7. The number of fused-ring (bicyclic) bond motifs is 1. The van der Waals surface area contributed by atoms with Gasteiger partial charge < -0.3 is 19.5 Å². The Kier molecular flexibility index (Phi) is 4.44. The van der Waals surface area contributed by atoms with E-state index in [1.54, 1.807) is 24.1 Å². The van der Waals surface area contributed by atoms with Gasteiger partial charge in [-0.2, -0.15) is 0 Å². The van der Waals surface area contributed by atoms with E-state index in [2.05, 4.69) is 0 Å². The van der Waals surface area contributed by atoms with Crippen LogP contribution in [0.4, 0.5) is 5.69 Å². The number of carbonyl (C=O) groups is 1. The van der Waals surface area contributed by atoms with Gasteiger partial charge in [-0.25, -0.2) is 0 Å². The smallest absolute Gasteiger partial charge is 0.273 e. The van der Waals surface area contributed by atoms with E-state index in [-0.39, 0.29) is 18.6 Å². The average Bonchev–Trinajstić information content (AvgIpc) is 2.60. The van der Waals surface area contributed by atoms with Gasteiger partial charge in [0.25, 0.3) is 5.91 Å². The van der Waals surface area contributed by atoms with Crippen LogP contribution in [0.2, 0.25) is 0 Å². The number of benzene rings is 2. The van der Waals surface area contributed by atoms with E-state index in [1.165, 1.54) is 0 Å². The van der Waals surface area contributed by atoms with Crippen molar-refractivity contribution in [3.05, 3.63) is 53.6 Å². The van der Waals surface area contributed by atoms with Crippen LogP contribution in [0.3, 0.4) is 0 Å². The van der Waals surface area contributed by atoms with Gasteiger partial charge in [-0.05, 0) is 31.5 Å². The van der Waals surface area contributed by atoms with E-state index in [4.69, 9.17) is 9.47 Å². The monoisotopic (exact) mass is 327 g/mol. The van der Waals surface area contributed by atoms with Gasteiger partial charge in [-0.15, -0.1) is 0 Å². The molecule has 3 rings (SSSR count). The quantitative estimate of drug-likeness (QED) is 0.937. The number of methoxy groups -OCH3 is 1. The van der Waals surface area contributed by atoms with E-state index in [0.717, 1.165) is 5.56 Å². The number of ether oxygens (including phenoxy) is 2. The summed E-state index contributed by atoms with van der Waals surface area (Å²) in [6.45, 7) is 3.77. The minimum absolute atomic E-state index is 0.0509. The molecule has 2 aromatic rings. The predicted octanol–water partition coefficient (Wildman–Crippen LogP) is 3.06. The maximum atomic E-state index is 13.0. The predicted molar refractivity (Wildman–Crippen MR) is 91.3 cm³/mol. The number of amides is 1. The van der Waals surface area contributed by atoms with Gasteiger partial charge in [0, 0.05) is 11.6 Å². The molecule has 0 saturated carbocycles. The zero-order chi connectivity index (χ0) is 17.3. The lowest BCUT2D eigenvalue weighted by atomic mass is 10.0. The highest BCUT2D eigenvalue weighted by Crippen LogP contribution is 2.46. The number of rotatable bonds is 4. The largest absolute Gasteiger partial charge is 0.493 e. The Balaban J connectivity index is 2.16.